The van der Waals surface area contributed by atoms with E-state index in [1.54, 1.807) is 37.3 Å². The van der Waals surface area contributed by atoms with Gasteiger partial charge in [-0.3, -0.25) is 19.5 Å². The number of pyridine rings is 1. The lowest BCUT2D eigenvalue weighted by Crippen LogP contribution is -2.46. The first kappa shape index (κ1) is 26.6. The van der Waals surface area contributed by atoms with Crippen molar-refractivity contribution in [2.75, 3.05) is 39.2 Å². The number of fused-ring (bicyclic) bond motifs is 1. The molecule has 0 radical (unpaired) electrons. The van der Waals surface area contributed by atoms with E-state index >= 15 is 0 Å². The van der Waals surface area contributed by atoms with Crippen LogP contribution in [0.3, 0.4) is 0 Å². The maximum absolute atomic E-state index is 13.4. The Morgan fingerprint density at radius 1 is 1.20 bits per heavy atom. The average molecular weight is 483 g/mol. The highest BCUT2D eigenvalue weighted by atomic mass is 16.5. The highest BCUT2D eigenvalue weighted by Gasteiger charge is 2.28. The van der Waals surface area contributed by atoms with E-state index in [-0.39, 0.29) is 29.9 Å². The summed E-state index contributed by atoms with van der Waals surface area (Å²) >= 11 is 0. The maximum atomic E-state index is 13.4. The van der Waals surface area contributed by atoms with Crippen LogP contribution in [0.15, 0.2) is 42.7 Å². The quantitative estimate of drug-likeness (QED) is 0.674. The summed E-state index contributed by atoms with van der Waals surface area (Å²) < 4.78 is 12.0. The molecule has 0 saturated carbocycles. The van der Waals surface area contributed by atoms with Gasteiger partial charge < -0.3 is 19.7 Å². The van der Waals surface area contributed by atoms with Crippen molar-refractivity contribution in [3.8, 4) is 5.75 Å². The molecule has 8 nitrogen and oxygen atoms in total. The number of benzene rings is 1. The fraction of sp³-hybridized carbons (Fsp3) is 0.519. The van der Waals surface area contributed by atoms with Gasteiger partial charge in [0.05, 0.1) is 11.7 Å². The van der Waals surface area contributed by atoms with E-state index in [0.717, 1.165) is 19.5 Å². The number of anilines is 1. The van der Waals surface area contributed by atoms with Crippen molar-refractivity contribution in [1.29, 1.82) is 0 Å². The summed E-state index contributed by atoms with van der Waals surface area (Å²) in [5.41, 5.74) is 2.20. The van der Waals surface area contributed by atoms with Gasteiger partial charge in [0.2, 0.25) is 5.91 Å². The van der Waals surface area contributed by atoms with E-state index in [4.69, 9.17) is 9.47 Å². The van der Waals surface area contributed by atoms with Crippen molar-refractivity contribution in [2.24, 2.45) is 5.92 Å². The number of hydrogen-bond donors (Lipinski definition) is 1. The Hall–Kier alpha value is -2.97. The number of hydrogen-bond acceptors (Lipinski definition) is 6. The summed E-state index contributed by atoms with van der Waals surface area (Å²) in [6, 6.07) is 9.40. The van der Waals surface area contributed by atoms with Crippen LogP contribution in [0.1, 0.15) is 49.5 Å². The van der Waals surface area contributed by atoms with Crippen molar-refractivity contribution in [2.45, 2.75) is 52.3 Å². The second-order valence-electron chi connectivity index (χ2n) is 9.39. The molecule has 0 spiro atoms. The van der Waals surface area contributed by atoms with Crippen molar-refractivity contribution >= 4 is 17.5 Å². The number of nitrogens with one attached hydrogen (secondary N) is 1. The molecular formula is C27H38N4O4. The SMILES string of the molecule is CCCC(=O)Nc1ccc2c(c1)C(=O)N(C)C[C@H](OC)[C@@H](C)CN(Cc1ccncc1)[C@H](C)CO2. The number of ether oxygens (including phenoxy) is 2. The number of rotatable bonds is 6. The van der Waals surface area contributed by atoms with Crippen LogP contribution in [-0.2, 0) is 16.1 Å². The van der Waals surface area contributed by atoms with E-state index in [9.17, 15) is 9.59 Å². The molecule has 3 atom stereocenters. The molecule has 2 amide bonds. The number of carbonyl (C=O) groups is 2. The summed E-state index contributed by atoms with van der Waals surface area (Å²) in [6.45, 7) is 8.66. The van der Waals surface area contributed by atoms with Gasteiger partial charge in [-0.25, -0.2) is 0 Å². The van der Waals surface area contributed by atoms with Gasteiger partial charge in [-0.15, -0.1) is 0 Å². The predicted molar refractivity (Wildman–Crippen MR) is 137 cm³/mol. The third-order valence-electron chi connectivity index (χ3n) is 6.47. The van der Waals surface area contributed by atoms with Crippen LogP contribution >= 0.6 is 0 Å². The number of likely N-dealkylation sites (N-methyl/N-ethyl adjacent to an activating group) is 1. The second kappa shape index (κ2) is 12.7. The third-order valence-corrected chi connectivity index (χ3v) is 6.47. The molecule has 1 aromatic heterocycles. The van der Waals surface area contributed by atoms with Crippen LogP contribution in [0.4, 0.5) is 5.69 Å². The lowest BCUT2D eigenvalue weighted by Gasteiger charge is -2.36. The Labute approximate surface area is 208 Å². The number of amides is 2. The largest absolute Gasteiger partial charge is 0.491 e. The zero-order valence-electron chi connectivity index (χ0n) is 21.5. The molecule has 1 aliphatic heterocycles. The van der Waals surface area contributed by atoms with Gasteiger partial charge in [0.1, 0.15) is 12.4 Å². The highest BCUT2D eigenvalue weighted by molar-refractivity contribution is 5.99. The van der Waals surface area contributed by atoms with Crippen LogP contribution in [0.2, 0.25) is 0 Å². The Morgan fingerprint density at radius 2 is 1.94 bits per heavy atom. The van der Waals surface area contributed by atoms with Gasteiger partial charge in [0.25, 0.3) is 5.91 Å². The number of nitrogens with zero attached hydrogens (tertiary/aromatic N) is 3. The van der Waals surface area contributed by atoms with Crippen molar-refractivity contribution in [3.05, 3.63) is 53.9 Å². The van der Waals surface area contributed by atoms with Crippen LogP contribution in [0.25, 0.3) is 0 Å². The molecule has 2 heterocycles. The van der Waals surface area contributed by atoms with Crippen molar-refractivity contribution < 1.29 is 19.1 Å². The topological polar surface area (TPSA) is 84.0 Å². The zero-order valence-corrected chi connectivity index (χ0v) is 21.5. The highest BCUT2D eigenvalue weighted by Crippen LogP contribution is 2.27. The monoisotopic (exact) mass is 482 g/mol. The minimum atomic E-state index is -0.164. The second-order valence-corrected chi connectivity index (χ2v) is 9.39. The standard InChI is InChI=1S/C27H38N4O4/c1-6-7-26(32)29-22-8-9-24-23(14-22)27(33)30(4)17-25(34-5)19(2)15-31(20(3)18-35-24)16-21-10-12-28-13-11-21/h8-14,19-20,25H,6-7,15-18H2,1-5H3,(H,29,32)/t19-,20+,25-/m0/s1. The maximum Gasteiger partial charge on any atom is 0.257 e. The van der Waals surface area contributed by atoms with Gasteiger partial charge >= 0.3 is 0 Å². The van der Waals surface area contributed by atoms with Crippen LogP contribution in [0.5, 0.6) is 5.75 Å². The van der Waals surface area contributed by atoms with Gasteiger partial charge in [0.15, 0.2) is 0 Å². The summed E-state index contributed by atoms with van der Waals surface area (Å²) in [5, 5.41) is 2.88. The molecule has 1 aromatic carbocycles. The summed E-state index contributed by atoms with van der Waals surface area (Å²) in [5.74, 6) is 0.449. The fourth-order valence-corrected chi connectivity index (χ4v) is 4.32. The molecule has 0 unspecified atom stereocenters. The van der Waals surface area contributed by atoms with Gasteiger partial charge in [-0.2, -0.15) is 0 Å². The molecule has 1 aliphatic rings. The van der Waals surface area contributed by atoms with E-state index in [1.165, 1.54) is 5.56 Å². The smallest absolute Gasteiger partial charge is 0.257 e. The van der Waals surface area contributed by atoms with Gasteiger partial charge in [-0.1, -0.05) is 13.8 Å². The molecular weight excluding hydrogens is 444 g/mol. The summed E-state index contributed by atoms with van der Waals surface area (Å²) in [4.78, 5) is 33.7. The molecule has 2 aromatic rings. The number of aromatic nitrogens is 1. The summed E-state index contributed by atoms with van der Waals surface area (Å²) in [7, 11) is 3.47. The molecule has 8 heteroatoms. The first-order valence-corrected chi connectivity index (χ1v) is 12.3. The minimum Gasteiger partial charge on any atom is -0.491 e. The molecule has 0 fully saturated rings. The van der Waals surface area contributed by atoms with Gasteiger partial charge in [0, 0.05) is 64.3 Å². The van der Waals surface area contributed by atoms with E-state index in [2.05, 4.69) is 29.0 Å². The lowest BCUT2D eigenvalue weighted by molar-refractivity contribution is -0.116. The molecule has 190 valence electrons. The van der Waals surface area contributed by atoms with Crippen molar-refractivity contribution in [3.63, 3.8) is 0 Å². The Morgan fingerprint density at radius 3 is 2.63 bits per heavy atom. The predicted octanol–water partition coefficient (Wildman–Crippen LogP) is 3.83. The number of carbonyl (C=O) groups excluding carboxylic acids is 2. The Bertz CT molecular complexity index is 984. The summed E-state index contributed by atoms with van der Waals surface area (Å²) in [6.07, 6.45) is 4.67. The lowest BCUT2D eigenvalue weighted by atomic mass is 10.0. The fourth-order valence-electron chi connectivity index (χ4n) is 4.32. The van der Waals surface area contributed by atoms with Crippen LogP contribution in [0, 0.1) is 5.92 Å². The van der Waals surface area contributed by atoms with Crippen LogP contribution in [-0.4, -0.2) is 72.6 Å². The van der Waals surface area contributed by atoms with Gasteiger partial charge in [-0.05, 0) is 55.2 Å². The zero-order chi connectivity index (χ0) is 25.4. The molecule has 0 saturated heterocycles. The first-order chi connectivity index (χ1) is 16.8. The van der Waals surface area contributed by atoms with E-state index in [0.29, 0.717) is 36.6 Å². The molecule has 35 heavy (non-hydrogen) atoms. The minimum absolute atomic E-state index is 0.0732. The Kier molecular flexibility index (Phi) is 9.63. The molecule has 0 bridgehead atoms. The van der Waals surface area contributed by atoms with E-state index in [1.807, 2.05) is 31.5 Å². The average Bonchev–Trinajstić information content (AvgIpc) is 2.85. The Balaban J connectivity index is 1.92. The normalized spacial score (nSPS) is 21.9. The first-order valence-electron chi connectivity index (χ1n) is 12.3. The molecule has 3 rings (SSSR count). The van der Waals surface area contributed by atoms with Crippen molar-refractivity contribution in [1.82, 2.24) is 14.8 Å². The van der Waals surface area contributed by atoms with Crippen LogP contribution < -0.4 is 10.1 Å². The number of methoxy groups -OCH3 is 1. The molecule has 0 aliphatic carbocycles. The third kappa shape index (κ3) is 7.26. The van der Waals surface area contributed by atoms with E-state index < -0.39 is 0 Å². The molecule has 1 N–H and O–H groups in total.